The summed E-state index contributed by atoms with van der Waals surface area (Å²) in [5.41, 5.74) is 2.37. The van der Waals surface area contributed by atoms with Gasteiger partial charge in [0.15, 0.2) is 0 Å². The number of hydrogen-bond acceptors (Lipinski definition) is 6. The highest BCUT2D eigenvalue weighted by Gasteiger charge is 2.14. The SMILES string of the molecule is CCc1ccc(-n2c(O)c(C=NNCCO)c(=O)[nH]c2=O)cc1. The number of aromatic nitrogens is 2. The van der Waals surface area contributed by atoms with Crippen LogP contribution in [0.2, 0.25) is 0 Å². The molecule has 0 unspecified atom stereocenters. The number of rotatable bonds is 6. The monoisotopic (exact) mass is 318 g/mol. The first kappa shape index (κ1) is 16.5. The van der Waals surface area contributed by atoms with Crippen molar-refractivity contribution in [1.82, 2.24) is 15.0 Å². The first-order valence-corrected chi connectivity index (χ1v) is 7.12. The number of nitrogens with zero attached hydrogens (tertiary/aromatic N) is 2. The van der Waals surface area contributed by atoms with Crippen LogP contribution in [0.25, 0.3) is 5.69 Å². The summed E-state index contributed by atoms with van der Waals surface area (Å²) in [5.74, 6) is -0.502. The van der Waals surface area contributed by atoms with Crippen molar-refractivity contribution in [3.63, 3.8) is 0 Å². The molecule has 122 valence electrons. The van der Waals surface area contributed by atoms with Gasteiger partial charge in [-0.05, 0) is 24.1 Å². The van der Waals surface area contributed by atoms with E-state index >= 15 is 0 Å². The third-order valence-electron chi connectivity index (χ3n) is 3.23. The Labute approximate surface area is 131 Å². The second-order valence-electron chi connectivity index (χ2n) is 4.74. The molecule has 0 spiro atoms. The highest BCUT2D eigenvalue weighted by molar-refractivity contribution is 5.82. The van der Waals surface area contributed by atoms with Crippen molar-refractivity contribution in [3.8, 4) is 11.6 Å². The van der Waals surface area contributed by atoms with Gasteiger partial charge in [0.1, 0.15) is 5.56 Å². The highest BCUT2D eigenvalue weighted by Crippen LogP contribution is 2.16. The molecule has 0 amide bonds. The van der Waals surface area contributed by atoms with E-state index in [4.69, 9.17) is 5.11 Å². The van der Waals surface area contributed by atoms with E-state index in [0.29, 0.717) is 5.69 Å². The van der Waals surface area contributed by atoms with Gasteiger partial charge < -0.3 is 15.6 Å². The molecule has 0 aliphatic heterocycles. The standard InChI is InChI=1S/C15H18N4O4/c1-2-10-3-5-11(6-4-10)19-14(22)12(9-17-16-7-8-20)13(21)18-15(19)23/h3-6,9,16,20,22H,2,7-8H2,1H3,(H,18,21,23). The Morgan fingerprint density at radius 3 is 2.61 bits per heavy atom. The predicted molar refractivity (Wildman–Crippen MR) is 86.4 cm³/mol. The topological polar surface area (TPSA) is 120 Å². The molecule has 4 N–H and O–H groups in total. The summed E-state index contributed by atoms with van der Waals surface area (Å²) in [6, 6.07) is 7.04. The smallest absolute Gasteiger partial charge is 0.335 e. The van der Waals surface area contributed by atoms with E-state index in [-0.39, 0.29) is 18.7 Å². The largest absolute Gasteiger partial charge is 0.493 e. The molecule has 1 aromatic carbocycles. The molecule has 0 aliphatic carbocycles. The van der Waals surface area contributed by atoms with Gasteiger partial charge >= 0.3 is 5.69 Å². The maximum absolute atomic E-state index is 12.0. The average Bonchev–Trinajstić information content (AvgIpc) is 2.54. The number of aromatic amines is 1. The van der Waals surface area contributed by atoms with Crippen LogP contribution in [-0.2, 0) is 6.42 Å². The molecule has 0 fully saturated rings. The number of aliphatic hydroxyl groups excluding tert-OH is 1. The summed E-state index contributed by atoms with van der Waals surface area (Å²) in [5, 5.41) is 22.6. The van der Waals surface area contributed by atoms with E-state index in [1.807, 2.05) is 19.1 Å². The van der Waals surface area contributed by atoms with Crippen LogP contribution in [-0.4, -0.2) is 39.1 Å². The van der Waals surface area contributed by atoms with Gasteiger partial charge in [-0.2, -0.15) is 5.10 Å². The van der Waals surface area contributed by atoms with Crippen LogP contribution >= 0.6 is 0 Å². The minimum Gasteiger partial charge on any atom is -0.493 e. The molecule has 1 heterocycles. The Hall–Kier alpha value is -2.87. The molecular formula is C15H18N4O4. The minimum absolute atomic E-state index is 0.122. The first-order valence-electron chi connectivity index (χ1n) is 7.12. The number of hydrogen-bond donors (Lipinski definition) is 4. The Morgan fingerprint density at radius 2 is 2.00 bits per heavy atom. The van der Waals surface area contributed by atoms with Crippen molar-refractivity contribution in [2.24, 2.45) is 5.10 Å². The zero-order valence-electron chi connectivity index (χ0n) is 12.6. The second-order valence-corrected chi connectivity index (χ2v) is 4.74. The van der Waals surface area contributed by atoms with Gasteiger partial charge in [0.05, 0.1) is 25.1 Å². The van der Waals surface area contributed by atoms with Crippen molar-refractivity contribution in [2.45, 2.75) is 13.3 Å². The molecule has 0 bridgehead atoms. The number of hydrazone groups is 1. The lowest BCUT2D eigenvalue weighted by Gasteiger charge is -2.10. The fourth-order valence-electron chi connectivity index (χ4n) is 2.00. The lowest BCUT2D eigenvalue weighted by Crippen LogP contribution is -2.31. The molecule has 2 aromatic rings. The van der Waals surface area contributed by atoms with Gasteiger partial charge in [-0.25, -0.2) is 9.36 Å². The second kappa shape index (κ2) is 7.41. The van der Waals surface area contributed by atoms with E-state index in [1.165, 1.54) is 0 Å². The molecule has 0 atom stereocenters. The van der Waals surface area contributed by atoms with Crippen molar-refractivity contribution >= 4 is 6.21 Å². The van der Waals surface area contributed by atoms with Gasteiger partial charge in [-0.1, -0.05) is 19.1 Å². The van der Waals surface area contributed by atoms with Gasteiger partial charge in [0.2, 0.25) is 5.88 Å². The normalized spacial score (nSPS) is 11.0. The third kappa shape index (κ3) is 3.67. The van der Waals surface area contributed by atoms with Crippen LogP contribution in [0.4, 0.5) is 0 Å². The number of benzene rings is 1. The number of nitrogens with one attached hydrogen (secondary N) is 2. The number of aromatic hydroxyl groups is 1. The van der Waals surface area contributed by atoms with E-state index < -0.39 is 17.1 Å². The lowest BCUT2D eigenvalue weighted by molar-refractivity contribution is 0.294. The molecular weight excluding hydrogens is 300 g/mol. The Morgan fingerprint density at radius 1 is 1.30 bits per heavy atom. The molecule has 0 saturated carbocycles. The number of aliphatic hydroxyl groups is 1. The average molecular weight is 318 g/mol. The van der Waals surface area contributed by atoms with Crippen LogP contribution in [0.5, 0.6) is 5.88 Å². The van der Waals surface area contributed by atoms with Crippen molar-refractivity contribution < 1.29 is 10.2 Å². The van der Waals surface area contributed by atoms with E-state index in [2.05, 4.69) is 15.5 Å². The minimum atomic E-state index is -0.747. The quantitative estimate of drug-likeness (QED) is 0.331. The molecule has 2 rings (SSSR count). The fourth-order valence-corrected chi connectivity index (χ4v) is 2.00. The van der Waals surface area contributed by atoms with E-state index in [0.717, 1.165) is 22.8 Å². The Balaban J connectivity index is 2.49. The maximum Gasteiger partial charge on any atom is 0.335 e. The zero-order valence-corrected chi connectivity index (χ0v) is 12.6. The molecule has 0 radical (unpaired) electrons. The Kier molecular flexibility index (Phi) is 5.32. The zero-order chi connectivity index (χ0) is 16.8. The summed E-state index contributed by atoms with van der Waals surface area (Å²) in [6.45, 7) is 2.09. The number of aryl methyl sites for hydroxylation is 1. The fraction of sp³-hybridized carbons (Fsp3) is 0.267. The van der Waals surface area contributed by atoms with E-state index in [9.17, 15) is 14.7 Å². The summed E-state index contributed by atoms with van der Waals surface area (Å²) in [4.78, 5) is 25.9. The molecule has 0 saturated heterocycles. The maximum atomic E-state index is 12.0. The summed E-state index contributed by atoms with van der Waals surface area (Å²) < 4.78 is 0.994. The molecule has 8 nitrogen and oxygen atoms in total. The van der Waals surface area contributed by atoms with Gasteiger partial charge in [0, 0.05) is 0 Å². The van der Waals surface area contributed by atoms with Crippen molar-refractivity contribution in [1.29, 1.82) is 0 Å². The van der Waals surface area contributed by atoms with Crippen molar-refractivity contribution in [3.05, 3.63) is 56.2 Å². The summed E-state index contributed by atoms with van der Waals surface area (Å²) in [6.07, 6.45) is 1.95. The van der Waals surface area contributed by atoms with Crippen molar-refractivity contribution in [2.75, 3.05) is 13.2 Å². The highest BCUT2D eigenvalue weighted by atomic mass is 16.3. The summed E-state index contributed by atoms with van der Waals surface area (Å²) in [7, 11) is 0. The van der Waals surface area contributed by atoms with Crippen LogP contribution < -0.4 is 16.7 Å². The van der Waals surface area contributed by atoms with Crippen LogP contribution in [0.15, 0.2) is 39.0 Å². The Bertz CT molecular complexity index is 806. The number of H-pyrrole nitrogens is 1. The van der Waals surface area contributed by atoms with Crippen LogP contribution in [0, 0.1) is 0 Å². The summed E-state index contributed by atoms with van der Waals surface area (Å²) >= 11 is 0. The first-order chi connectivity index (χ1) is 11.1. The molecule has 23 heavy (non-hydrogen) atoms. The van der Waals surface area contributed by atoms with Gasteiger partial charge in [-0.3, -0.25) is 9.78 Å². The predicted octanol–water partition coefficient (Wildman–Crippen LogP) is -0.290. The molecule has 1 aromatic heterocycles. The third-order valence-corrected chi connectivity index (χ3v) is 3.23. The van der Waals surface area contributed by atoms with Gasteiger partial charge in [0.25, 0.3) is 5.56 Å². The van der Waals surface area contributed by atoms with Crippen LogP contribution in [0.3, 0.4) is 0 Å². The lowest BCUT2D eigenvalue weighted by atomic mass is 10.1. The van der Waals surface area contributed by atoms with E-state index in [1.54, 1.807) is 12.1 Å². The molecule has 0 aliphatic rings. The van der Waals surface area contributed by atoms with Gasteiger partial charge in [-0.15, -0.1) is 0 Å². The van der Waals surface area contributed by atoms with Crippen LogP contribution in [0.1, 0.15) is 18.1 Å². The molecule has 8 heteroatoms.